The molecule has 6 heteroatoms. The third kappa shape index (κ3) is 3.59. The van der Waals surface area contributed by atoms with E-state index in [0.717, 1.165) is 5.75 Å². The van der Waals surface area contributed by atoms with Crippen LogP contribution in [0.3, 0.4) is 0 Å². The van der Waals surface area contributed by atoms with Crippen LogP contribution in [-0.2, 0) is 4.74 Å². The average molecular weight is 255 g/mol. The van der Waals surface area contributed by atoms with Crippen molar-refractivity contribution in [2.24, 2.45) is 0 Å². The van der Waals surface area contributed by atoms with E-state index in [1.807, 2.05) is 11.9 Å². The summed E-state index contributed by atoms with van der Waals surface area (Å²) in [4.78, 5) is 21.6. The van der Waals surface area contributed by atoms with Crippen LogP contribution in [0.1, 0.15) is 17.4 Å². The molecule has 0 fully saturated rings. The predicted octanol–water partition coefficient (Wildman–Crippen LogP) is 1.45. The minimum atomic E-state index is -0.467. The van der Waals surface area contributed by atoms with Crippen molar-refractivity contribution in [1.29, 1.82) is 0 Å². The van der Waals surface area contributed by atoms with Crippen LogP contribution in [0, 0.1) is 0 Å². The second kappa shape index (κ2) is 6.44. The van der Waals surface area contributed by atoms with Crippen LogP contribution in [0.2, 0.25) is 0 Å². The van der Waals surface area contributed by atoms with E-state index in [9.17, 15) is 4.79 Å². The molecule has 0 bridgehead atoms. The molecular formula is C11H17N3O2S. The fraction of sp³-hybridized carbons (Fsp3) is 0.545. The SMILES string of the molecule is COC(=O)c1cncc(N(C)C(C)CSC)n1. The van der Waals surface area contributed by atoms with Gasteiger partial charge in [0.15, 0.2) is 5.69 Å². The number of carbonyl (C=O) groups excluding carboxylic acids is 1. The Balaban J connectivity index is 2.87. The van der Waals surface area contributed by atoms with Gasteiger partial charge in [-0.05, 0) is 13.2 Å². The van der Waals surface area contributed by atoms with Crippen molar-refractivity contribution in [2.75, 3.05) is 31.1 Å². The van der Waals surface area contributed by atoms with Gasteiger partial charge in [0.25, 0.3) is 0 Å². The van der Waals surface area contributed by atoms with Gasteiger partial charge in [-0.2, -0.15) is 11.8 Å². The molecule has 0 aliphatic rings. The molecule has 1 aromatic heterocycles. The summed E-state index contributed by atoms with van der Waals surface area (Å²) in [6, 6.07) is 0.326. The van der Waals surface area contributed by atoms with E-state index in [0.29, 0.717) is 11.9 Å². The molecule has 1 heterocycles. The summed E-state index contributed by atoms with van der Waals surface area (Å²) >= 11 is 1.77. The number of ether oxygens (including phenoxy) is 1. The number of rotatable bonds is 5. The minimum Gasteiger partial charge on any atom is -0.464 e. The lowest BCUT2D eigenvalue weighted by molar-refractivity contribution is 0.0593. The molecule has 0 radical (unpaired) electrons. The highest BCUT2D eigenvalue weighted by Crippen LogP contribution is 2.13. The van der Waals surface area contributed by atoms with Crippen molar-refractivity contribution in [1.82, 2.24) is 9.97 Å². The summed E-state index contributed by atoms with van der Waals surface area (Å²) in [6.45, 7) is 2.10. The molecule has 0 saturated heterocycles. The van der Waals surface area contributed by atoms with Gasteiger partial charge in [-0.3, -0.25) is 4.98 Å². The van der Waals surface area contributed by atoms with Crippen LogP contribution in [0.15, 0.2) is 12.4 Å². The van der Waals surface area contributed by atoms with E-state index in [1.54, 1.807) is 18.0 Å². The number of anilines is 1. The van der Waals surface area contributed by atoms with Crippen LogP contribution in [0.4, 0.5) is 5.82 Å². The van der Waals surface area contributed by atoms with Gasteiger partial charge < -0.3 is 9.64 Å². The number of hydrogen-bond donors (Lipinski definition) is 0. The first-order chi connectivity index (χ1) is 8.10. The molecule has 1 aromatic rings. The molecule has 0 spiro atoms. The first kappa shape index (κ1) is 13.8. The summed E-state index contributed by atoms with van der Waals surface area (Å²) in [7, 11) is 3.27. The summed E-state index contributed by atoms with van der Waals surface area (Å²) in [5.41, 5.74) is 0.230. The molecule has 1 rings (SSSR count). The first-order valence-electron chi connectivity index (χ1n) is 5.22. The maximum Gasteiger partial charge on any atom is 0.358 e. The number of esters is 1. The molecule has 5 nitrogen and oxygen atoms in total. The Kier molecular flexibility index (Phi) is 5.21. The van der Waals surface area contributed by atoms with E-state index < -0.39 is 5.97 Å². The van der Waals surface area contributed by atoms with Crippen molar-refractivity contribution in [3.63, 3.8) is 0 Å². The molecule has 1 atom stereocenters. The van der Waals surface area contributed by atoms with Crippen LogP contribution in [0.25, 0.3) is 0 Å². The number of methoxy groups -OCH3 is 1. The average Bonchev–Trinajstić information content (AvgIpc) is 2.37. The van der Waals surface area contributed by atoms with Gasteiger partial charge in [0, 0.05) is 18.8 Å². The molecule has 0 aromatic carbocycles. The number of hydrogen-bond acceptors (Lipinski definition) is 6. The maximum atomic E-state index is 11.3. The molecule has 0 N–H and O–H groups in total. The molecule has 0 amide bonds. The Morgan fingerprint density at radius 2 is 2.29 bits per heavy atom. The van der Waals surface area contributed by atoms with Gasteiger partial charge in [0.05, 0.1) is 19.5 Å². The lowest BCUT2D eigenvalue weighted by Crippen LogP contribution is -2.32. The van der Waals surface area contributed by atoms with Gasteiger partial charge in [0.1, 0.15) is 5.82 Å². The van der Waals surface area contributed by atoms with Crippen molar-refractivity contribution < 1.29 is 9.53 Å². The Morgan fingerprint density at radius 3 is 2.88 bits per heavy atom. The maximum absolute atomic E-state index is 11.3. The Morgan fingerprint density at radius 1 is 1.59 bits per heavy atom. The van der Waals surface area contributed by atoms with E-state index in [1.165, 1.54) is 13.3 Å². The smallest absolute Gasteiger partial charge is 0.358 e. The van der Waals surface area contributed by atoms with E-state index in [-0.39, 0.29) is 5.69 Å². The summed E-state index contributed by atoms with van der Waals surface area (Å²) in [5, 5.41) is 0. The second-order valence-corrected chi connectivity index (χ2v) is 4.58. The van der Waals surface area contributed by atoms with Crippen molar-refractivity contribution >= 4 is 23.5 Å². The van der Waals surface area contributed by atoms with Gasteiger partial charge in [-0.15, -0.1) is 0 Å². The highest BCUT2D eigenvalue weighted by atomic mass is 32.2. The fourth-order valence-electron chi connectivity index (χ4n) is 1.31. The lowest BCUT2D eigenvalue weighted by Gasteiger charge is -2.25. The van der Waals surface area contributed by atoms with Crippen molar-refractivity contribution in [3.8, 4) is 0 Å². The molecule has 1 unspecified atom stereocenters. The zero-order chi connectivity index (χ0) is 12.8. The van der Waals surface area contributed by atoms with Gasteiger partial charge >= 0.3 is 5.97 Å². The topological polar surface area (TPSA) is 55.3 Å². The second-order valence-electron chi connectivity index (χ2n) is 3.67. The van der Waals surface area contributed by atoms with Gasteiger partial charge in [0.2, 0.25) is 0 Å². The Bertz CT molecular complexity index is 387. The normalized spacial score (nSPS) is 12.0. The standard InChI is InChI=1S/C11H17N3O2S/c1-8(7-17-4)14(2)10-6-12-5-9(13-10)11(15)16-3/h5-6,8H,7H2,1-4H3. The number of aromatic nitrogens is 2. The highest BCUT2D eigenvalue weighted by molar-refractivity contribution is 7.98. The quantitative estimate of drug-likeness (QED) is 0.742. The number of thioether (sulfide) groups is 1. The summed E-state index contributed by atoms with van der Waals surface area (Å²) < 4.78 is 4.61. The van der Waals surface area contributed by atoms with Crippen LogP contribution in [-0.4, -0.2) is 48.1 Å². The molecule has 0 aliphatic carbocycles. The Hall–Kier alpha value is -1.30. The number of nitrogens with zero attached hydrogens (tertiary/aromatic N) is 3. The highest BCUT2D eigenvalue weighted by Gasteiger charge is 2.14. The molecular weight excluding hydrogens is 238 g/mol. The zero-order valence-electron chi connectivity index (χ0n) is 10.5. The minimum absolute atomic E-state index is 0.230. The summed E-state index contributed by atoms with van der Waals surface area (Å²) in [6.07, 6.45) is 5.10. The third-order valence-corrected chi connectivity index (χ3v) is 3.26. The molecule has 94 valence electrons. The molecule has 0 aliphatic heterocycles. The Labute approximate surface area is 106 Å². The van der Waals surface area contributed by atoms with Gasteiger partial charge in [-0.1, -0.05) is 0 Å². The van der Waals surface area contributed by atoms with E-state index >= 15 is 0 Å². The van der Waals surface area contributed by atoms with Crippen LogP contribution >= 0.6 is 11.8 Å². The van der Waals surface area contributed by atoms with E-state index in [2.05, 4.69) is 27.9 Å². The first-order valence-corrected chi connectivity index (χ1v) is 6.61. The van der Waals surface area contributed by atoms with Crippen LogP contribution < -0.4 is 4.90 Å². The molecule has 17 heavy (non-hydrogen) atoms. The lowest BCUT2D eigenvalue weighted by atomic mass is 10.3. The molecule has 0 saturated carbocycles. The van der Waals surface area contributed by atoms with Crippen LogP contribution in [0.5, 0.6) is 0 Å². The summed E-state index contributed by atoms with van der Waals surface area (Å²) in [5.74, 6) is 1.19. The van der Waals surface area contributed by atoms with E-state index in [4.69, 9.17) is 0 Å². The fourth-order valence-corrected chi connectivity index (χ4v) is 2.01. The monoisotopic (exact) mass is 255 g/mol. The third-order valence-electron chi connectivity index (χ3n) is 2.45. The van der Waals surface area contributed by atoms with Crippen molar-refractivity contribution in [2.45, 2.75) is 13.0 Å². The van der Waals surface area contributed by atoms with Crippen molar-refractivity contribution in [3.05, 3.63) is 18.1 Å². The number of carbonyl (C=O) groups is 1. The van der Waals surface area contributed by atoms with Gasteiger partial charge in [-0.25, -0.2) is 9.78 Å². The predicted molar refractivity (Wildman–Crippen MR) is 69.6 cm³/mol. The largest absolute Gasteiger partial charge is 0.464 e. The zero-order valence-corrected chi connectivity index (χ0v) is 11.3.